The van der Waals surface area contributed by atoms with Crippen LogP contribution in [0.4, 0.5) is 0 Å². The lowest BCUT2D eigenvalue weighted by molar-refractivity contribution is 0.0702. The Kier molecular flexibility index (Phi) is 4.66. The highest BCUT2D eigenvalue weighted by molar-refractivity contribution is 7.99. The average molecular weight is 285 g/mol. The Labute approximate surface area is 114 Å². The van der Waals surface area contributed by atoms with E-state index in [0.29, 0.717) is 17.3 Å². The lowest BCUT2D eigenvalue weighted by atomic mass is 10.0. The first-order valence-electron chi connectivity index (χ1n) is 5.86. The number of hydrogen-bond acceptors (Lipinski definition) is 4. The van der Waals surface area contributed by atoms with Crippen LogP contribution < -0.4 is 5.32 Å². The number of rotatable bonds is 4. The molecule has 0 radical (unpaired) electrons. The number of thiophene rings is 1. The van der Waals surface area contributed by atoms with Crippen molar-refractivity contribution >= 4 is 35.0 Å². The molecule has 2 N–H and O–H groups in total. The van der Waals surface area contributed by atoms with E-state index < -0.39 is 5.97 Å². The molecule has 0 aromatic carbocycles. The standard InChI is InChI=1S/C12H15NO3S2/c14-11(9-1-2-10(18-9)12(15)16)13-7-8-3-5-17-6-4-8/h1-2,8H,3-7H2,(H,13,14)(H,15,16). The Morgan fingerprint density at radius 1 is 1.28 bits per heavy atom. The first-order valence-corrected chi connectivity index (χ1v) is 7.83. The van der Waals surface area contributed by atoms with Gasteiger partial charge in [-0.15, -0.1) is 11.3 Å². The van der Waals surface area contributed by atoms with E-state index in [2.05, 4.69) is 5.32 Å². The Balaban J connectivity index is 1.84. The van der Waals surface area contributed by atoms with Gasteiger partial charge in [0.1, 0.15) is 4.88 Å². The van der Waals surface area contributed by atoms with Gasteiger partial charge in [0.15, 0.2) is 0 Å². The number of amides is 1. The van der Waals surface area contributed by atoms with Crippen molar-refractivity contribution in [2.75, 3.05) is 18.1 Å². The van der Waals surface area contributed by atoms with Crippen molar-refractivity contribution in [3.8, 4) is 0 Å². The van der Waals surface area contributed by atoms with Crippen molar-refractivity contribution in [1.82, 2.24) is 5.32 Å². The molecule has 0 aliphatic carbocycles. The molecule has 1 aliphatic rings. The molecular weight excluding hydrogens is 270 g/mol. The fourth-order valence-electron chi connectivity index (χ4n) is 1.85. The summed E-state index contributed by atoms with van der Waals surface area (Å²) in [6.45, 7) is 0.694. The van der Waals surface area contributed by atoms with Gasteiger partial charge in [0.25, 0.3) is 5.91 Å². The van der Waals surface area contributed by atoms with Crippen LogP contribution >= 0.6 is 23.1 Å². The van der Waals surface area contributed by atoms with Crippen LogP contribution in [0, 0.1) is 5.92 Å². The second kappa shape index (κ2) is 6.24. The highest BCUT2D eigenvalue weighted by atomic mass is 32.2. The molecule has 1 amide bonds. The second-order valence-electron chi connectivity index (χ2n) is 4.23. The minimum atomic E-state index is -0.983. The van der Waals surface area contributed by atoms with E-state index in [1.165, 1.54) is 17.6 Å². The minimum Gasteiger partial charge on any atom is -0.477 e. The van der Waals surface area contributed by atoms with Crippen LogP contribution in [0.5, 0.6) is 0 Å². The van der Waals surface area contributed by atoms with E-state index in [1.54, 1.807) is 6.07 Å². The molecule has 0 saturated carbocycles. The van der Waals surface area contributed by atoms with Crippen molar-refractivity contribution in [1.29, 1.82) is 0 Å². The van der Waals surface area contributed by atoms with Gasteiger partial charge in [0.05, 0.1) is 4.88 Å². The predicted octanol–water partition coefficient (Wildman–Crippen LogP) is 2.32. The molecule has 0 spiro atoms. The molecule has 1 aliphatic heterocycles. The zero-order valence-electron chi connectivity index (χ0n) is 9.85. The lowest BCUT2D eigenvalue weighted by Gasteiger charge is -2.21. The third-order valence-electron chi connectivity index (χ3n) is 2.93. The van der Waals surface area contributed by atoms with Crippen LogP contribution in [-0.2, 0) is 0 Å². The maximum atomic E-state index is 11.8. The first kappa shape index (κ1) is 13.4. The summed E-state index contributed by atoms with van der Waals surface area (Å²) in [4.78, 5) is 23.2. The molecule has 2 rings (SSSR count). The Bertz CT molecular complexity index is 438. The van der Waals surface area contributed by atoms with E-state index in [9.17, 15) is 9.59 Å². The van der Waals surface area contributed by atoms with Crippen LogP contribution in [0.2, 0.25) is 0 Å². The highest BCUT2D eigenvalue weighted by Gasteiger charge is 2.16. The number of thioether (sulfide) groups is 1. The Morgan fingerprint density at radius 3 is 2.56 bits per heavy atom. The maximum Gasteiger partial charge on any atom is 0.345 e. The molecule has 6 heteroatoms. The molecule has 18 heavy (non-hydrogen) atoms. The summed E-state index contributed by atoms with van der Waals surface area (Å²) < 4.78 is 0. The molecule has 1 aromatic rings. The molecule has 0 bridgehead atoms. The van der Waals surface area contributed by atoms with Crippen LogP contribution in [0.3, 0.4) is 0 Å². The lowest BCUT2D eigenvalue weighted by Crippen LogP contribution is -2.30. The topological polar surface area (TPSA) is 66.4 Å². The number of carbonyl (C=O) groups is 2. The summed E-state index contributed by atoms with van der Waals surface area (Å²) in [6, 6.07) is 3.04. The van der Waals surface area contributed by atoms with Crippen molar-refractivity contribution in [2.45, 2.75) is 12.8 Å². The molecule has 0 atom stereocenters. The van der Waals surface area contributed by atoms with E-state index in [-0.39, 0.29) is 10.8 Å². The van der Waals surface area contributed by atoms with Gasteiger partial charge in [0, 0.05) is 6.54 Å². The Hall–Kier alpha value is -1.01. The first-order chi connectivity index (χ1) is 8.66. The van der Waals surface area contributed by atoms with Crippen LogP contribution in [-0.4, -0.2) is 35.0 Å². The average Bonchev–Trinajstić information content (AvgIpc) is 2.87. The van der Waals surface area contributed by atoms with Crippen LogP contribution in [0.15, 0.2) is 12.1 Å². The van der Waals surface area contributed by atoms with Crippen molar-refractivity contribution in [3.63, 3.8) is 0 Å². The van der Waals surface area contributed by atoms with Gasteiger partial charge in [-0.2, -0.15) is 11.8 Å². The number of hydrogen-bond donors (Lipinski definition) is 2. The SMILES string of the molecule is O=C(O)c1ccc(C(=O)NCC2CCSCC2)s1. The zero-order valence-corrected chi connectivity index (χ0v) is 11.5. The van der Waals surface area contributed by atoms with Gasteiger partial charge < -0.3 is 10.4 Å². The maximum absolute atomic E-state index is 11.8. The highest BCUT2D eigenvalue weighted by Crippen LogP contribution is 2.22. The number of carboxylic acid groups (broad SMARTS) is 1. The van der Waals surface area contributed by atoms with Crippen molar-refractivity contribution < 1.29 is 14.7 Å². The smallest absolute Gasteiger partial charge is 0.345 e. The Morgan fingerprint density at radius 2 is 1.94 bits per heavy atom. The number of aromatic carboxylic acids is 1. The summed E-state index contributed by atoms with van der Waals surface area (Å²) in [6.07, 6.45) is 2.30. The predicted molar refractivity (Wildman–Crippen MR) is 73.7 cm³/mol. The molecule has 1 aromatic heterocycles. The summed E-state index contributed by atoms with van der Waals surface area (Å²) in [7, 11) is 0. The normalized spacial score (nSPS) is 16.4. The van der Waals surface area contributed by atoms with Crippen molar-refractivity contribution in [2.24, 2.45) is 5.92 Å². The van der Waals surface area contributed by atoms with Crippen molar-refractivity contribution in [3.05, 3.63) is 21.9 Å². The van der Waals surface area contributed by atoms with Gasteiger partial charge in [-0.1, -0.05) is 0 Å². The van der Waals surface area contributed by atoms with E-state index in [4.69, 9.17) is 5.11 Å². The fourth-order valence-corrected chi connectivity index (χ4v) is 3.81. The molecular formula is C12H15NO3S2. The third-order valence-corrected chi connectivity index (χ3v) is 5.05. The zero-order chi connectivity index (χ0) is 13.0. The van der Waals surface area contributed by atoms with Gasteiger partial charge >= 0.3 is 5.97 Å². The van der Waals surface area contributed by atoms with Crippen LogP contribution in [0.25, 0.3) is 0 Å². The largest absolute Gasteiger partial charge is 0.477 e. The third kappa shape index (κ3) is 3.49. The molecule has 0 unspecified atom stereocenters. The number of carboxylic acids is 1. The summed E-state index contributed by atoms with van der Waals surface area (Å²) >= 11 is 2.98. The van der Waals surface area contributed by atoms with Gasteiger partial charge in [0.2, 0.25) is 0 Å². The van der Waals surface area contributed by atoms with Gasteiger partial charge in [-0.05, 0) is 42.4 Å². The minimum absolute atomic E-state index is 0.161. The second-order valence-corrected chi connectivity index (χ2v) is 6.54. The number of nitrogens with one attached hydrogen (secondary N) is 1. The molecule has 2 heterocycles. The number of carbonyl (C=O) groups excluding carboxylic acids is 1. The molecule has 1 saturated heterocycles. The van der Waals surface area contributed by atoms with E-state index >= 15 is 0 Å². The summed E-state index contributed by atoms with van der Waals surface area (Å²) in [5.41, 5.74) is 0. The van der Waals surface area contributed by atoms with Gasteiger partial charge in [-0.25, -0.2) is 4.79 Å². The van der Waals surface area contributed by atoms with Crippen LogP contribution in [0.1, 0.15) is 32.2 Å². The van der Waals surface area contributed by atoms with Gasteiger partial charge in [-0.3, -0.25) is 4.79 Å². The summed E-state index contributed by atoms with van der Waals surface area (Å²) in [5, 5.41) is 11.7. The molecule has 1 fully saturated rings. The quantitative estimate of drug-likeness (QED) is 0.891. The summed E-state index contributed by atoms with van der Waals surface area (Å²) in [5.74, 6) is 1.76. The van der Waals surface area contributed by atoms with E-state index in [1.807, 2.05) is 11.8 Å². The molecule has 98 valence electrons. The molecule has 4 nitrogen and oxygen atoms in total. The fraction of sp³-hybridized carbons (Fsp3) is 0.500. The van der Waals surface area contributed by atoms with E-state index in [0.717, 1.165) is 24.2 Å². The monoisotopic (exact) mass is 285 g/mol.